The SMILES string of the molecule is Cc1sccc1-c1cc(CNC(=O)c2ccccc2OC(F)(F)F)n[nH]1. The molecule has 26 heavy (non-hydrogen) atoms. The number of ether oxygens (including phenoxy) is 1. The number of thiophene rings is 1. The van der Waals surface area contributed by atoms with Crippen molar-refractivity contribution in [2.24, 2.45) is 0 Å². The Morgan fingerprint density at radius 3 is 2.77 bits per heavy atom. The molecule has 0 unspecified atom stereocenters. The Morgan fingerprint density at radius 1 is 1.31 bits per heavy atom. The van der Waals surface area contributed by atoms with E-state index >= 15 is 0 Å². The summed E-state index contributed by atoms with van der Waals surface area (Å²) in [7, 11) is 0. The number of aromatic nitrogens is 2. The van der Waals surface area contributed by atoms with Crippen LogP contribution in [0.5, 0.6) is 5.75 Å². The largest absolute Gasteiger partial charge is 0.573 e. The number of nitrogens with zero attached hydrogens (tertiary/aromatic N) is 1. The smallest absolute Gasteiger partial charge is 0.405 e. The van der Waals surface area contributed by atoms with E-state index in [0.29, 0.717) is 5.69 Å². The average Bonchev–Trinajstić information content (AvgIpc) is 3.20. The van der Waals surface area contributed by atoms with E-state index in [1.807, 2.05) is 18.4 Å². The Bertz CT molecular complexity index is 918. The highest BCUT2D eigenvalue weighted by atomic mass is 32.1. The van der Waals surface area contributed by atoms with Crippen molar-refractivity contribution in [3.8, 4) is 17.0 Å². The second-order valence-electron chi connectivity index (χ2n) is 5.39. The van der Waals surface area contributed by atoms with E-state index in [2.05, 4.69) is 20.3 Å². The van der Waals surface area contributed by atoms with Gasteiger partial charge in [-0.05, 0) is 36.6 Å². The molecule has 0 aliphatic carbocycles. The Balaban J connectivity index is 1.69. The Hall–Kier alpha value is -2.81. The average molecular weight is 381 g/mol. The second kappa shape index (κ2) is 7.20. The number of alkyl halides is 3. The quantitative estimate of drug-likeness (QED) is 0.693. The molecule has 1 amide bonds. The first-order valence-corrected chi connectivity index (χ1v) is 8.43. The van der Waals surface area contributed by atoms with Crippen LogP contribution >= 0.6 is 11.3 Å². The maximum Gasteiger partial charge on any atom is 0.573 e. The second-order valence-corrected chi connectivity index (χ2v) is 6.51. The van der Waals surface area contributed by atoms with Crippen LogP contribution in [0.3, 0.4) is 0 Å². The van der Waals surface area contributed by atoms with Crippen LogP contribution in [0.25, 0.3) is 11.3 Å². The topological polar surface area (TPSA) is 67.0 Å². The fourth-order valence-corrected chi connectivity index (χ4v) is 3.10. The molecule has 9 heteroatoms. The zero-order valence-corrected chi connectivity index (χ0v) is 14.4. The van der Waals surface area contributed by atoms with Crippen molar-refractivity contribution in [3.05, 3.63) is 57.9 Å². The molecule has 3 rings (SSSR count). The van der Waals surface area contributed by atoms with Gasteiger partial charge < -0.3 is 10.1 Å². The van der Waals surface area contributed by atoms with Crippen molar-refractivity contribution >= 4 is 17.2 Å². The minimum atomic E-state index is -4.87. The minimum absolute atomic E-state index is 0.0683. The van der Waals surface area contributed by atoms with Gasteiger partial charge in [-0.2, -0.15) is 5.10 Å². The van der Waals surface area contributed by atoms with Crippen LogP contribution in [0.1, 0.15) is 20.9 Å². The third kappa shape index (κ3) is 4.23. The summed E-state index contributed by atoms with van der Waals surface area (Å²) < 4.78 is 41.2. The lowest BCUT2D eigenvalue weighted by molar-refractivity contribution is -0.274. The summed E-state index contributed by atoms with van der Waals surface area (Å²) in [6, 6.07) is 8.93. The normalized spacial score (nSPS) is 11.4. The molecule has 0 saturated heterocycles. The van der Waals surface area contributed by atoms with Gasteiger partial charge in [0, 0.05) is 10.4 Å². The molecule has 0 saturated carbocycles. The summed E-state index contributed by atoms with van der Waals surface area (Å²) in [5, 5.41) is 11.5. The van der Waals surface area contributed by atoms with Crippen molar-refractivity contribution in [2.45, 2.75) is 19.8 Å². The van der Waals surface area contributed by atoms with Gasteiger partial charge in [-0.15, -0.1) is 24.5 Å². The zero-order valence-electron chi connectivity index (χ0n) is 13.6. The van der Waals surface area contributed by atoms with E-state index in [-0.39, 0.29) is 12.1 Å². The highest BCUT2D eigenvalue weighted by Gasteiger charge is 2.32. The van der Waals surface area contributed by atoms with Gasteiger partial charge in [0.15, 0.2) is 0 Å². The van der Waals surface area contributed by atoms with Crippen LogP contribution in [-0.4, -0.2) is 22.5 Å². The van der Waals surface area contributed by atoms with Crippen LogP contribution in [0.4, 0.5) is 13.2 Å². The number of benzene rings is 1. The van der Waals surface area contributed by atoms with Crippen molar-refractivity contribution in [2.75, 3.05) is 0 Å². The summed E-state index contributed by atoms with van der Waals surface area (Å²) in [5.41, 5.74) is 2.19. The number of hydrogen-bond donors (Lipinski definition) is 2. The lowest BCUT2D eigenvalue weighted by Crippen LogP contribution is -2.25. The highest BCUT2D eigenvalue weighted by Crippen LogP contribution is 2.27. The number of hydrogen-bond acceptors (Lipinski definition) is 4. The number of halogens is 3. The minimum Gasteiger partial charge on any atom is -0.405 e. The Kier molecular flexibility index (Phi) is 4.99. The van der Waals surface area contributed by atoms with E-state index in [1.54, 1.807) is 17.4 Å². The third-order valence-corrected chi connectivity index (χ3v) is 4.41. The number of aryl methyl sites for hydroxylation is 1. The number of H-pyrrole nitrogens is 1. The maximum atomic E-state index is 12.4. The Labute approximate surface area is 150 Å². The predicted molar refractivity (Wildman–Crippen MR) is 90.9 cm³/mol. The van der Waals surface area contributed by atoms with Crippen LogP contribution in [0.15, 0.2) is 41.8 Å². The first-order valence-electron chi connectivity index (χ1n) is 7.55. The van der Waals surface area contributed by atoms with E-state index in [9.17, 15) is 18.0 Å². The molecule has 0 fully saturated rings. The van der Waals surface area contributed by atoms with Crippen LogP contribution in [0.2, 0.25) is 0 Å². The van der Waals surface area contributed by atoms with E-state index in [4.69, 9.17) is 0 Å². The number of carbonyl (C=O) groups is 1. The molecule has 1 aromatic carbocycles. The van der Waals surface area contributed by atoms with Crippen molar-refractivity contribution < 1.29 is 22.7 Å². The van der Waals surface area contributed by atoms with Crippen molar-refractivity contribution in [3.63, 3.8) is 0 Å². The van der Waals surface area contributed by atoms with Crippen LogP contribution in [-0.2, 0) is 6.54 Å². The summed E-state index contributed by atoms with van der Waals surface area (Å²) in [5.74, 6) is -1.23. The standard InChI is InChI=1S/C17H14F3N3O2S/c1-10-12(6-7-26-10)14-8-11(22-23-14)9-21-16(24)13-4-2-3-5-15(13)25-17(18,19)20/h2-8H,9H2,1H3,(H,21,24)(H,22,23). The molecule has 0 atom stereocenters. The zero-order chi connectivity index (χ0) is 18.7. The third-order valence-electron chi connectivity index (χ3n) is 3.57. The van der Waals surface area contributed by atoms with Gasteiger partial charge in [0.25, 0.3) is 5.91 Å². The van der Waals surface area contributed by atoms with Gasteiger partial charge >= 0.3 is 6.36 Å². The highest BCUT2D eigenvalue weighted by molar-refractivity contribution is 7.10. The molecule has 2 aromatic heterocycles. The number of carbonyl (C=O) groups excluding carboxylic acids is 1. The monoisotopic (exact) mass is 381 g/mol. The molecule has 0 spiro atoms. The van der Waals surface area contributed by atoms with Gasteiger partial charge in [-0.1, -0.05) is 12.1 Å². The maximum absolute atomic E-state index is 12.4. The molecule has 5 nitrogen and oxygen atoms in total. The van der Waals surface area contributed by atoms with Gasteiger partial charge in [-0.25, -0.2) is 0 Å². The molecule has 3 aromatic rings. The summed E-state index contributed by atoms with van der Waals surface area (Å²) in [6.45, 7) is 2.05. The van der Waals surface area contributed by atoms with E-state index in [0.717, 1.165) is 22.2 Å². The molecule has 0 bridgehead atoms. The molecule has 136 valence electrons. The number of aromatic amines is 1. The molecular weight excluding hydrogens is 367 g/mol. The number of nitrogens with one attached hydrogen (secondary N) is 2. The van der Waals surface area contributed by atoms with E-state index < -0.39 is 18.0 Å². The molecule has 0 aliphatic rings. The number of para-hydroxylation sites is 1. The predicted octanol–water partition coefficient (Wildman–Crippen LogP) is 4.28. The fraction of sp³-hybridized carbons (Fsp3) is 0.176. The molecule has 2 heterocycles. The number of rotatable bonds is 5. The fourth-order valence-electron chi connectivity index (χ4n) is 2.39. The first kappa shape index (κ1) is 18.0. The Morgan fingerprint density at radius 2 is 2.08 bits per heavy atom. The van der Waals surface area contributed by atoms with E-state index in [1.165, 1.54) is 18.2 Å². The number of amides is 1. The molecular formula is C17H14F3N3O2S. The van der Waals surface area contributed by atoms with Gasteiger partial charge in [0.1, 0.15) is 5.75 Å². The van der Waals surface area contributed by atoms with Crippen molar-refractivity contribution in [1.29, 1.82) is 0 Å². The van der Waals surface area contributed by atoms with Crippen LogP contribution in [0, 0.1) is 6.92 Å². The first-order chi connectivity index (χ1) is 12.3. The van der Waals surface area contributed by atoms with Crippen LogP contribution < -0.4 is 10.1 Å². The molecule has 0 radical (unpaired) electrons. The van der Waals surface area contributed by atoms with Gasteiger partial charge in [-0.3, -0.25) is 9.89 Å². The molecule has 0 aliphatic heterocycles. The summed E-state index contributed by atoms with van der Waals surface area (Å²) in [6.07, 6.45) is -4.87. The lowest BCUT2D eigenvalue weighted by Gasteiger charge is -2.12. The molecule has 2 N–H and O–H groups in total. The van der Waals surface area contributed by atoms with Gasteiger partial charge in [0.05, 0.1) is 23.5 Å². The van der Waals surface area contributed by atoms with Crippen molar-refractivity contribution in [1.82, 2.24) is 15.5 Å². The van der Waals surface area contributed by atoms with Gasteiger partial charge in [0.2, 0.25) is 0 Å². The lowest BCUT2D eigenvalue weighted by atomic mass is 10.2. The summed E-state index contributed by atoms with van der Waals surface area (Å²) >= 11 is 1.61. The summed E-state index contributed by atoms with van der Waals surface area (Å²) in [4.78, 5) is 13.3.